The van der Waals surface area contributed by atoms with Crippen molar-refractivity contribution in [3.05, 3.63) is 18.2 Å². The lowest BCUT2D eigenvalue weighted by atomic mass is 10.3. The first-order valence-electron chi connectivity index (χ1n) is 5.39. The van der Waals surface area contributed by atoms with Crippen molar-refractivity contribution in [3.63, 3.8) is 0 Å². The number of nitrogens with zero attached hydrogens (tertiary/aromatic N) is 1. The standard InChI is InChI=1S/C10H14N2O4S3/c1-18(13,14)7-19(15,16)12-4-5-17-10-3-2-8(11)6-9(10)12/h2-3,6H,4-5,7,11H2,1H3. The Hall–Kier alpha value is -0.930. The van der Waals surface area contributed by atoms with E-state index in [9.17, 15) is 16.8 Å². The summed E-state index contributed by atoms with van der Waals surface area (Å²) >= 11 is 1.52. The molecule has 0 saturated carbocycles. The maximum absolute atomic E-state index is 12.2. The normalized spacial score (nSPS) is 16.2. The summed E-state index contributed by atoms with van der Waals surface area (Å²) in [7, 11) is -7.51. The maximum Gasteiger partial charge on any atom is 0.249 e. The topological polar surface area (TPSA) is 97.5 Å². The number of fused-ring (bicyclic) bond motifs is 1. The minimum Gasteiger partial charge on any atom is -0.399 e. The number of rotatable bonds is 3. The molecule has 0 unspecified atom stereocenters. The highest BCUT2D eigenvalue weighted by Gasteiger charge is 2.30. The molecule has 9 heteroatoms. The minimum atomic E-state index is -3.89. The third kappa shape index (κ3) is 3.34. The lowest BCUT2D eigenvalue weighted by Crippen LogP contribution is -2.38. The van der Waals surface area contributed by atoms with Gasteiger partial charge in [0.2, 0.25) is 10.0 Å². The van der Waals surface area contributed by atoms with Crippen molar-refractivity contribution in [3.8, 4) is 0 Å². The predicted molar refractivity (Wildman–Crippen MR) is 77.6 cm³/mol. The van der Waals surface area contributed by atoms with Crippen LogP contribution in [0.4, 0.5) is 11.4 Å². The Morgan fingerprint density at radius 2 is 2.00 bits per heavy atom. The van der Waals surface area contributed by atoms with Crippen molar-refractivity contribution in [1.29, 1.82) is 0 Å². The Labute approximate surface area is 116 Å². The Bertz CT molecular complexity index is 697. The number of hydrogen-bond acceptors (Lipinski definition) is 6. The number of benzene rings is 1. The van der Waals surface area contributed by atoms with Gasteiger partial charge >= 0.3 is 0 Å². The Balaban J connectivity index is 2.46. The van der Waals surface area contributed by atoms with Crippen LogP contribution in [0.5, 0.6) is 0 Å². The van der Waals surface area contributed by atoms with Crippen molar-refractivity contribution in [1.82, 2.24) is 0 Å². The number of hydrogen-bond donors (Lipinski definition) is 1. The molecular weight excluding hydrogens is 308 g/mol. The molecule has 1 heterocycles. The first kappa shape index (κ1) is 14.5. The smallest absolute Gasteiger partial charge is 0.249 e. The lowest BCUT2D eigenvalue weighted by Gasteiger charge is -2.29. The van der Waals surface area contributed by atoms with Crippen LogP contribution in [0.1, 0.15) is 0 Å². The van der Waals surface area contributed by atoms with Gasteiger partial charge in [0, 0.05) is 29.1 Å². The van der Waals surface area contributed by atoms with E-state index in [-0.39, 0.29) is 6.54 Å². The zero-order valence-electron chi connectivity index (χ0n) is 10.2. The van der Waals surface area contributed by atoms with Gasteiger partial charge in [0.1, 0.15) is 0 Å². The van der Waals surface area contributed by atoms with Gasteiger partial charge < -0.3 is 5.73 Å². The predicted octanol–water partition coefficient (Wildman–Crippen LogP) is 0.513. The number of sulfonamides is 1. The quantitative estimate of drug-likeness (QED) is 0.815. The molecule has 0 fully saturated rings. The molecule has 6 nitrogen and oxygen atoms in total. The summed E-state index contributed by atoms with van der Waals surface area (Å²) in [5.41, 5.74) is 6.57. The molecule has 0 atom stereocenters. The number of nitrogen functional groups attached to an aromatic ring is 1. The van der Waals surface area contributed by atoms with E-state index < -0.39 is 24.9 Å². The van der Waals surface area contributed by atoms with Crippen LogP contribution in [-0.4, -0.2) is 40.5 Å². The highest BCUT2D eigenvalue weighted by molar-refractivity contribution is 8.08. The van der Waals surface area contributed by atoms with Crippen LogP contribution >= 0.6 is 11.8 Å². The second-order valence-corrected chi connectivity index (χ2v) is 9.84. The highest BCUT2D eigenvalue weighted by Crippen LogP contribution is 2.37. The Morgan fingerprint density at radius 1 is 1.32 bits per heavy atom. The van der Waals surface area contributed by atoms with Crippen molar-refractivity contribution >= 4 is 43.0 Å². The fraction of sp³-hybridized carbons (Fsp3) is 0.400. The number of thioether (sulfide) groups is 1. The Kier molecular flexibility index (Phi) is 3.72. The molecular formula is C10H14N2O4S3. The number of anilines is 2. The fourth-order valence-electron chi connectivity index (χ4n) is 1.83. The minimum absolute atomic E-state index is 0.249. The van der Waals surface area contributed by atoms with Crippen molar-refractivity contribution < 1.29 is 16.8 Å². The molecule has 0 spiro atoms. The van der Waals surface area contributed by atoms with Gasteiger partial charge in [-0.15, -0.1) is 11.8 Å². The molecule has 1 aliphatic rings. The van der Waals surface area contributed by atoms with E-state index in [0.29, 0.717) is 17.1 Å². The second-order valence-electron chi connectivity index (χ2n) is 4.30. The third-order valence-corrected chi connectivity index (χ3v) is 7.50. The highest BCUT2D eigenvalue weighted by atomic mass is 32.3. The van der Waals surface area contributed by atoms with Crippen molar-refractivity contribution in [2.75, 3.05) is 33.7 Å². The zero-order chi connectivity index (χ0) is 14.3. The summed E-state index contributed by atoms with van der Waals surface area (Å²) in [5, 5.41) is -0.890. The van der Waals surface area contributed by atoms with E-state index in [1.54, 1.807) is 18.2 Å². The van der Waals surface area contributed by atoms with E-state index in [4.69, 9.17) is 5.73 Å². The van der Waals surface area contributed by atoms with E-state index in [0.717, 1.165) is 15.5 Å². The van der Waals surface area contributed by atoms with Crippen LogP contribution in [-0.2, 0) is 19.9 Å². The van der Waals surface area contributed by atoms with Crippen LogP contribution in [0.25, 0.3) is 0 Å². The fourth-order valence-corrected chi connectivity index (χ4v) is 6.48. The monoisotopic (exact) mass is 322 g/mol. The van der Waals surface area contributed by atoms with Gasteiger partial charge in [-0.2, -0.15) is 0 Å². The number of sulfone groups is 1. The molecule has 1 aromatic rings. The van der Waals surface area contributed by atoms with Crippen LogP contribution in [0.2, 0.25) is 0 Å². The molecule has 0 bridgehead atoms. The molecule has 2 rings (SSSR count). The van der Waals surface area contributed by atoms with Crippen LogP contribution in [0.15, 0.2) is 23.1 Å². The molecule has 2 N–H and O–H groups in total. The second kappa shape index (κ2) is 4.88. The summed E-state index contributed by atoms with van der Waals surface area (Å²) in [4.78, 5) is 0.789. The molecule has 1 aromatic carbocycles. The SMILES string of the molecule is CS(=O)(=O)CS(=O)(=O)N1CCSc2ccc(N)cc21. The van der Waals surface area contributed by atoms with Crippen molar-refractivity contribution in [2.24, 2.45) is 0 Å². The molecule has 106 valence electrons. The molecule has 1 aliphatic heterocycles. The molecule has 0 radical (unpaired) electrons. The first-order chi connectivity index (χ1) is 8.69. The molecule has 0 saturated heterocycles. The van der Waals surface area contributed by atoms with Crippen LogP contribution < -0.4 is 10.0 Å². The third-order valence-electron chi connectivity index (χ3n) is 2.50. The van der Waals surface area contributed by atoms with Gasteiger partial charge in [0.25, 0.3) is 0 Å². The van der Waals surface area contributed by atoms with Gasteiger partial charge in [0.15, 0.2) is 14.9 Å². The molecule has 19 heavy (non-hydrogen) atoms. The van der Waals surface area contributed by atoms with Gasteiger partial charge in [-0.3, -0.25) is 4.31 Å². The molecule has 0 amide bonds. The average Bonchev–Trinajstić information content (AvgIpc) is 2.24. The average molecular weight is 322 g/mol. The summed E-state index contributed by atoms with van der Waals surface area (Å²) < 4.78 is 47.9. The maximum atomic E-state index is 12.2. The van der Waals surface area contributed by atoms with Crippen LogP contribution in [0.3, 0.4) is 0 Å². The lowest BCUT2D eigenvalue weighted by molar-refractivity contribution is 0.588. The summed E-state index contributed by atoms with van der Waals surface area (Å²) in [6.07, 6.45) is 0.906. The van der Waals surface area contributed by atoms with E-state index in [1.165, 1.54) is 11.8 Å². The van der Waals surface area contributed by atoms with Gasteiger partial charge in [0.05, 0.1) is 5.69 Å². The van der Waals surface area contributed by atoms with Gasteiger partial charge in [-0.25, -0.2) is 16.8 Å². The summed E-state index contributed by atoms with van der Waals surface area (Å²) in [5.74, 6) is 0.583. The summed E-state index contributed by atoms with van der Waals surface area (Å²) in [6.45, 7) is 0.249. The number of nitrogens with two attached hydrogens (primary N) is 1. The van der Waals surface area contributed by atoms with Crippen molar-refractivity contribution in [2.45, 2.75) is 4.90 Å². The van der Waals surface area contributed by atoms with E-state index >= 15 is 0 Å². The van der Waals surface area contributed by atoms with Gasteiger partial charge in [-0.05, 0) is 18.2 Å². The van der Waals surface area contributed by atoms with Gasteiger partial charge in [-0.1, -0.05) is 0 Å². The largest absolute Gasteiger partial charge is 0.399 e. The van der Waals surface area contributed by atoms with E-state index in [1.807, 2.05) is 0 Å². The Morgan fingerprint density at radius 3 is 2.63 bits per heavy atom. The molecule has 0 aromatic heterocycles. The summed E-state index contributed by atoms with van der Waals surface area (Å²) in [6, 6.07) is 5.00. The van der Waals surface area contributed by atoms with Crippen LogP contribution in [0, 0.1) is 0 Å². The molecule has 0 aliphatic carbocycles. The van der Waals surface area contributed by atoms with E-state index in [2.05, 4.69) is 0 Å². The zero-order valence-corrected chi connectivity index (χ0v) is 12.7. The first-order valence-corrected chi connectivity index (χ1v) is 10.0.